The molecule has 0 saturated carbocycles. The Morgan fingerprint density at radius 2 is 1.42 bits per heavy atom. The van der Waals surface area contributed by atoms with Crippen molar-refractivity contribution in [3.8, 4) is 0 Å². The predicted octanol–water partition coefficient (Wildman–Crippen LogP) is 4.36. The average Bonchev–Trinajstić information content (AvgIpc) is 3.58. The zero-order chi connectivity index (χ0) is 30.7. The number of aromatic nitrogens is 2. The van der Waals surface area contributed by atoms with Crippen LogP contribution in [-0.2, 0) is 16.0 Å². The van der Waals surface area contributed by atoms with Crippen LogP contribution in [0, 0.1) is 13.8 Å². The van der Waals surface area contributed by atoms with Crippen molar-refractivity contribution in [3.63, 3.8) is 0 Å². The van der Waals surface area contributed by atoms with E-state index >= 15 is 0 Å². The van der Waals surface area contributed by atoms with Gasteiger partial charge in [-0.25, -0.2) is 0 Å². The van der Waals surface area contributed by atoms with Gasteiger partial charge in [0.05, 0.1) is 0 Å². The van der Waals surface area contributed by atoms with Gasteiger partial charge < -0.3 is 0 Å². The van der Waals surface area contributed by atoms with Gasteiger partial charge in [0.1, 0.15) is 0 Å². The number of aliphatic imine (C=N–C) groups is 2. The summed E-state index contributed by atoms with van der Waals surface area (Å²) in [7, 11) is 0. The van der Waals surface area contributed by atoms with Gasteiger partial charge in [0.15, 0.2) is 0 Å². The minimum atomic E-state index is -1.53. The average molecular weight is 630 g/mol. The zero-order valence-corrected chi connectivity index (χ0v) is 27.2. The van der Waals surface area contributed by atoms with Gasteiger partial charge in [0.2, 0.25) is 0 Å². The summed E-state index contributed by atoms with van der Waals surface area (Å²) in [6, 6.07) is 0. The van der Waals surface area contributed by atoms with Crippen molar-refractivity contribution in [1.29, 1.82) is 0 Å². The summed E-state index contributed by atoms with van der Waals surface area (Å²) in [6.45, 7) is 16.5. The Bertz CT molecular complexity index is 2020. The first kappa shape index (κ1) is 28.8. The van der Waals surface area contributed by atoms with E-state index in [-0.39, 0.29) is 12.8 Å². The van der Waals surface area contributed by atoms with E-state index in [4.69, 9.17) is 9.98 Å². The molecule has 0 saturated heterocycles. The van der Waals surface area contributed by atoms with Crippen molar-refractivity contribution in [3.05, 3.63) is 97.3 Å². The molecular formula is C34H32GaN4O4. The number of carboxylic acids is 2. The first-order chi connectivity index (χ1) is 20.5. The van der Waals surface area contributed by atoms with Crippen molar-refractivity contribution < 1.29 is 19.8 Å². The molecule has 4 aliphatic heterocycles. The SMILES string of the molecule is C=CC1=C(C)C2=Cc3c(C=C)c(C)c4[n]3[Ga][n]3c(c(C)c(CCC(=O)O)c3=CC3=NC(=C4)C(C)=C3CCC(=O)O)=CC1=N2. The molecule has 6 bridgehead atoms. The number of carbonyl (C=O) groups is 2. The molecule has 2 N–H and O–H groups in total. The van der Waals surface area contributed by atoms with Crippen molar-refractivity contribution in [2.75, 3.05) is 0 Å². The molecule has 0 spiro atoms. The Labute approximate surface area is 257 Å². The summed E-state index contributed by atoms with van der Waals surface area (Å²) in [5.41, 5.74) is 13.3. The van der Waals surface area contributed by atoms with Gasteiger partial charge in [-0.05, 0) is 0 Å². The topological polar surface area (TPSA) is 109 Å². The maximum absolute atomic E-state index is 11.8. The molecule has 2 aromatic rings. The fraction of sp³-hybridized carbons (Fsp3) is 0.235. The Kier molecular flexibility index (Phi) is 7.18. The van der Waals surface area contributed by atoms with Gasteiger partial charge in [0, 0.05) is 0 Å². The molecule has 0 aliphatic carbocycles. The second-order valence-electron chi connectivity index (χ2n) is 11.2. The fourth-order valence-corrected chi connectivity index (χ4v) is 10.1. The van der Waals surface area contributed by atoms with Crippen LogP contribution in [0.5, 0.6) is 0 Å². The van der Waals surface area contributed by atoms with Crippen LogP contribution in [0.25, 0.3) is 30.4 Å². The monoisotopic (exact) mass is 629 g/mol. The molecule has 8 nitrogen and oxygen atoms in total. The molecule has 9 heteroatoms. The van der Waals surface area contributed by atoms with E-state index < -0.39 is 29.8 Å². The Balaban J connectivity index is 1.80. The molecular weight excluding hydrogens is 598 g/mol. The zero-order valence-electron chi connectivity index (χ0n) is 24.8. The molecule has 0 aromatic carbocycles. The number of fused-ring (bicyclic) bond motifs is 2. The Hall–Kier alpha value is -4.34. The van der Waals surface area contributed by atoms with E-state index in [0.717, 1.165) is 89.4 Å². The fourth-order valence-electron chi connectivity index (χ4n) is 6.47. The second-order valence-corrected chi connectivity index (χ2v) is 13.9. The summed E-state index contributed by atoms with van der Waals surface area (Å²) >= 11 is -1.53. The summed E-state index contributed by atoms with van der Waals surface area (Å²) < 4.78 is 4.78. The van der Waals surface area contributed by atoms with Gasteiger partial charge in [0.25, 0.3) is 0 Å². The van der Waals surface area contributed by atoms with Crippen LogP contribution in [0.1, 0.15) is 66.8 Å². The summed E-state index contributed by atoms with van der Waals surface area (Å²) in [5, 5.41) is 21.1. The third kappa shape index (κ3) is 4.63. The van der Waals surface area contributed by atoms with E-state index in [1.807, 2.05) is 19.1 Å². The minimum absolute atomic E-state index is 0.00280. The third-order valence-corrected chi connectivity index (χ3v) is 12.2. The molecule has 0 unspecified atom stereocenters. The number of nitrogens with zero attached hydrogens (tertiary/aromatic N) is 4. The molecule has 1 radical (unpaired) electrons. The van der Waals surface area contributed by atoms with Gasteiger partial charge in [-0.3, -0.25) is 0 Å². The molecule has 0 atom stereocenters. The van der Waals surface area contributed by atoms with Crippen LogP contribution in [0.15, 0.2) is 62.9 Å². The van der Waals surface area contributed by atoms with E-state index in [2.05, 4.69) is 64.8 Å². The number of carboxylic acid groups (broad SMARTS) is 2. The number of allylic oxidation sites excluding steroid dienone is 5. The molecule has 43 heavy (non-hydrogen) atoms. The number of aliphatic carboxylic acids is 2. The standard InChI is InChI=1S/C34H34N4O4.Ga/c1-7-21-17(3)25-13-26-19(5)23(9-11-33(39)40)31(37-26)16-32-24(10-12-34(41)42)20(6)28(38-32)15-30-22(8-2)18(4)27(36-30)14-29(21)35-25;/h7-8,13-16H,1-2,9-12H2,3-6H3,(H4,35,36,37,38,39,40,41,42);/q;+2/p-2. The molecule has 215 valence electrons. The first-order valence-corrected chi connectivity index (χ1v) is 16.4. The molecule has 6 heterocycles. The summed E-state index contributed by atoms with van der Waals surface area (Å²) in [5.74, 6) is -1.72. The normalized spacial score (nSPS) is 16.4. The van der Waals surface area contributed by atoms with E-state index in [0.29, 0.717) is 12.8 Å². The van der Waals surface area contributed by atoms with Gasteiger partial charge >= 0.3 is 259 Å². The predicted molar refractivity (Wildman–Crippen MR) is 172 cm³/mol. The van der Waals surface area contributed by atoms with Crippen molar-refractivity contribution >= 4 is 71.6 Å². The quantitative estimate of drug-likeness (QED) is 0.423. The number of rotatable bonds is 8. The number of hydrogen-bond acceptors (Lipinski definition) is 4. The van der Waals surface area contributed by atoms with Gasteiger partial charge in [-0.1, -0.05) is 0 Å². The van der Waals surface area contributed by atoms with E-state index in [9.17, 15) is 19.8 Å². The summed E-state index contributed by atoms with van der Waals surface area (Å²) in [4.78, 5) is 33.5. The summed E-state index contributed by atoms with van der Waals surface area (Å²) in [6.07, 6.45) is 12.9. The van der Waals surface area contributed by atoms with Crippen LogP contribution in [0.4, 0.5) is 0 Å². The van der Waals surface area contributed by atoms with Crippen LogP contribution >= 0.6 is 0 Å². The van der Waals surface area contributed by atoms with Crippen molar-refractivity contribution in [2.45, 2.75) is 53.4 Å². The van der Waals surface area contributed by atoms with Crippen LogP contribution in [0.2, 0.25) is 0 Å². The molecule has 6 rings (SSSR count). The second kappa shape index (κ2) is 10.7. The van der Waals surface area contributed by atoms with Crippen LogP contribution in [-0.4, -0.2) is 58.0 Å². The molecule has 4 aliphatic rings. The van der Waals surface area contributed by atoms with E-state index in [1.54, 1.807) is 0 Å². The maximum atomic E-state index is 11.8. The molecule has 0 amide bonds. The van der Waals surface area contributed by atoms with Crippen molar-refractivity contribution in [2.24, 2.45) is 9.98 Å². The first-order valence-electron chi connectivity index (χ1n) is 14.3. The van der Waals surface area contributed by atoms with E-state index in [1.165, 1.54) is 0 Å². The Morgan fingerprint density at radius 3 is 2.09 bits per heavy atom. The van der Waals surface area contributed by atoms with Crippen molar-refractivity contribution in [1.82, 2.24) is 6.55 Å². The van der Waals surface area contributed by atoms with Crippen LogP contribution in [0.3, 0.4) is 0 Å². The van der Waals surface area contributed by atoms with Gasteiger partial charge in [-0.2, -0.15) is 0 Å². The third-order valence-electron chi connectivity index (χ3n) is 8.85. The Morgan fingerprint density at radius 1 is 0.791 bits per heavy atom. The van der Waals surface area contributed by atoms with Gasteiger partial charge in [-0.15, -0.1) is 0 Å². The molecule has 0 fully saturated rings. The van der Waals surface area contributed by atoms with Crippen LogP contribution < -0.4 is 10.7 Å². The molecule has 2 aromatic heterocycles. The number of hydrogen-bond donors (Lipinski definition) is 2.